The van der Waals surface area contributed by atoms with Crippen molar-refractivity contribution in [1.82, 2.24) is 0 Å². The van der Waals surface area contributed by atoms with Crippen molar-refractivity contribution in [3.8, 4) is 0 Å². The molecule has 1 heterocycles. The molecule has 0 unspecified atom stereocenters. The van der Waals surface area contributed by atoms with Gasteiger partial charge in [-0.25, -0.2) is 9.36 Å². The third-order valence-electron chi connectivity index (χ3n) is 3.40. The number of hydrogen-bond donors (Lipinski definition) is 4. The molecular weight excluding hydrogens is 343 g/mol. The number of phosphoric acid groups is 1. The number of carbonyl (C=O) groups excluding carboxylic acids is 1. The maximum absolute atomic E-state index is 11.7. The lowest BCUT2D eigenvalue weighted by Crippen LogP contribution is -2.32. The minimum absolute atomic E-state index is 0.167. The fourth-order valence-electron chi connectivity index (χ4n) is 2.21. The Bertz CT molecular complexity index is 485. The number of ether oxygens (including phenoxy) is 2. The molecule has 0 bridgehead atoms. The summed E-state index contributed by atoms with van der Waals surface area (Å²) in [6.45, 7) is 1.56. The van der Waals surface area contributed by atoms with E-state index in [-0.39, 0.29) is 12.4 Å². The zero-order valence-corrected chi connectivity index (χ0v) is 14.5. The van der Waals surface area contributed by atoms with E-state index < -0.39 is 38.4 Å². The fourth-order valence-corrected chi connectivity index (χ4v) is 2.62. The first kappa shape index (κ1) is 20.9. The minimum Gasteiger partial charge on any atom is -0.490 e. The lowest BCUT2D eigenvalue weighted by molar-refractivity contribution is -0.148. The summed E-state index contributed by atoms with van der Waals surface area (Å²) in [6, 6.07) is 0. The van der Waals surface area contributed by atoms with Gasteiger partial charge in [0.25, 0.3) is 5.76 Å². The van der Waals surface area contributed by atoms with E-state index in [4.69, 9.17) is 24.4 Å². The molecule has 0 spiro atoms. The van der Waals surface area contributed by atoms with Crippen molar-refractivity contribution in [2.75, 3.05) is 13.2 Å². The predicted octanol–water partition coefficient (Wildman–Crippen LogP) is 0.963. The maximum atomic E-state index is 11.7. The van der Waals surface area contributed by atoms with Crippen LogP contribution < -0.4 is 0 Å². The summed E-state index contributed by atoms with van der Waals surface area (Å²) in [6.07, 6.45) is 3.14. The van der Waals surface area contributed by atoms with Crippen LogP contribution in [0, 0.1) is 0 Å². The Labute approximate surface area is 140 Å². The lowest BCUT2D eigenvalue weighted by atomic mass is 10.1. The summed E-state index contributed by atoms with van der Waals surface area (Å²) in [4.78, 5) is 29.4. The van der Waals surface area contributed by atoms with Crippen LogP contribution in [0.3, 0.4) is 0 Å². The van der Waals surface area contributed by atoms with Crippen LogP contribution in [0.15, 0.2) is 11.5 Å². The summed E-state index contributed by atoms with van der Waals surface area (Å²) in [7, 11) is -5.00. The average molecular weight is 368 g/mol. The van der Waals surface area contributed by atoms with Crippen molar-refractivity contribution in [1.29, 1.82) is 0 Å². The maximum Gasteiger partial charge on any atom is 0.525 e. The van der Waals surface area contributed by atoms with Crippen LogP contribution >= 0.6 is 7.82 Å². The monoisotopic (exact) mass is 368 g/mol. The van der Waals surface area contributed by atoms with Crippen LogP contribution in [0.5, 0.6) is 0 Å². The van der Waals surface area contributed by atoms with Gasteiger partial charge in [0, 0.05) is 0 Å². The number of aliphatic hydroxyl groups is 2. The number of esters is 1. The Morgan fingerprint density at radius 3 is 2.42 bits per heavy atom. The summed E-state index contributed by atoms with van der Waals surface area (Å²) < 4.78 is 25.4. The van der Waals surface area contributed by atoms with Gasteiger partial charge in [0.2, 0.25) is 0 Å². The number of rotatable bonds is 12. The van der Waals surface area contributed by atoms with Crippen molar-refractivity contribution in [2.24, 2.45) is 0 Å². The highest BCUT2D eigenvalue weighted by molar-refractivity contribution is 7.46. The highest BCUT2D eigenvalue weighted by Gasteiger charge is 2.44. The molecule has 0 amide bonds. The molecule has 0 aromatic carbocycles. The second-order valence-corrected chi connectivity index (χ2v) is 6.63. The van der Waals surface area contributed by atoms with E-state index in [1.807, 2.05) is 0 Å². The summed E-state index contributed by atoms with van der Waals surface area (Å²) in [5.74, 6) is -2.24. The molecule has 1 aliphatic heterocycles. The second-order valence-electron chi connectivity index (χ2n) is 5.47. The van der Waals surface area contributed by atoms with Gasteiger partial charge in [-0.3, -0.25) is 9.79 Å². The summed E-state index contributed by atoms with van der Waals surface area (Å²) in [5, 5.41) is 18.7. The molecule has 0 aromatic heterocycles. The SMILES string of the molecule is CCCCCCCCOC1=C(OP(=O)(O)O)C(=O)O[C@@H]1[C@@H](O)CO. The van der Waals surface area contributed by atoms with E-state index >= 15 is 0 Å². The first-order chi connectivity index (χ1) is 11.3. The summed E-state index contributed by atoms with van der Waals surface area (Å²) in [5.41, 5.74) is 0. The van der Waals surface area contributed by atoms with Gasteiger partial charge in [0.15, 0.2) is 11.9 Å². The number of phosphoric ester groups is 1. The molecule has 1 rings (SSSR count). The normalized spacial score (nSPS) is 19.4. The van der Waals surface area contributed by atoms with Crippen molar-refractivity contribution in [3.63, 3.8) is 0 Å². The minimum atomic E-state index is -5.00. The average Bonchev–Trinajstić information content (AvgIpc) is 2.80. The van der Waals surface area contributed by atoms with Gasteiger partial charge in [-0.05, 0) is 6.42 Å². The van der Waals surface area contributed by atoms with E-state index in [1.165, 1.54) is 0 Å². The molecule has 24 heavy (non-hydrogen) atoms. The molecule has 0 aromatic rings. The molecule has 4 N–H and O–H groups in total. The van der Waals surface area contributed by atoms with Gasteiger partial charge in [-0.1, -0.05) is 39.0 Å². The van der Waals surface area contributed by atoms with Crippen molar-refractivity contribution < 1.29 is 43.4 Å². The van der Waals surface area contributed by atoms with Crippen LogP contribution in [0.25, 0.3) is 0 Å². The van der Waals surface area contributed by atoms with Gasteiger partial charge in [-0.15, -0.1) is 0 Å². The number of hydrogen-bond acceptors (Lipinski definition) is 7. The molecule has 0 fully saturated rings. The van der Waals surface area contributed by atoms with E-state index in [0.29, 0.717) is 6.42 Å². The Hall–Kier alpha value is -1.12. The highest BCUT2D eigenvalue weighted by Crippen LogP contribution is 2.42. The first-order valence-corrected chi connectivity index (χ1v) is 9.45. The number of aliphatic hydroxyl groups excluding tert-OH is 2. The van der Waals surface area contributed by atoms with Gasteiger partial charge in [0.05, 0.1) is 13.2 Å². The molecule has 0 saturated carbocycles. The predicted molar refractivity (Wildman–Crippen MR) is 82.5 cm³/mol. The Morgan fingerprint density at radius 1 is 1.21 bits per heavy atom. The molecule has 0 radical (unpaired) electrons. The van der Waals surface area contributed by atoms with Crippen molar-refractivity contribution in [3.05, 3.63) is 11.5 Å². The molecule has 140 valence electrons. The molecular formula is C14H25O9P. The van der Waals surface area contributed by atoms with E-state index in [0.717, 1.165) is 32.1 Å². The van der Waals surface area contributed by atoms with E-state index in [9.17, 15) is 14.5 Å². The first-order valence-electron chi connectivity index (χ1n) is 7.92. The second kappa shape index (κ2) is 10.0. The number of unbranched alkanes of at least 4 members (excludes halogenated alkanes) is 5. The van der Waals surface area contributed by atoms with Crippen LogP contribution in [0.2, 0.25) is 0 Å². The molecule has 1 aliphatic rings. The third-order valence-corrected chi connectivity index (χ3v) is 3.82. The quantitative estimate of drug-likeness (QED) is 0.225. The zero-order valence-electron chi connectivity index (χ0n) is 13.6. The van der Waals surface area contributed by atoms with E-state index in [2.05, 4.69) is 11.4 Å². The summed E-state index contributed by atoms with van der Waals surface area (Å²) >= 11 is 0. The topological polar surface area (TPSA) is 143 Å². The Morgan fingerprint density at radius 2 is 1.83 bits per heavy atom. The van der Waals surface area contributed by atoms with Gasteiger partial charge < -0.3 is 24.2 Å². The molecule has 9 nitrogen and oxygen atoms in total. The van der Waals surface area contributed by atoms with Crippen molar-refractivity contribution >= 4 is 13.8 Å². The van der Waals surface area contributed by atoms with Gasteiger partial charge >= 0.3 is 13.8 Å². The van der Waals surface area contributed by atoms with Crippen LogP contribution in [0.4, 0.5) is 0 Å². The Kier molecular flexibility index (Phi) is 8.72. The molecule has 0 aliphatic carbocycles. The number of cyclic esters (lactones) is 1. The molecule has 2 atom stereocenters. The lowest BCUT2D eigenvalue weighted by Gasteiger charge is -2.18. The number of carbonyl (C=O) groups is 1. The van der Waals surface area contributed by atoms with E-state index in [1.54, 1.807) is 0 Å². The van der Waals surface area contributed by atoms with Crippen LogP contribution in [0.1, 0.15) is 45.4 Å². The zero-order chi connectivity index (χ0) is 18.2. The molecule has 0 saturated heterocycles. The Balaban J connectivity index is 2.68. The fraction of sp³-hybridized carbons (Fsp3) is 0.786. The van der Waals surface area contributed by atoms with Gasteiger partial charge in [0.1, 0.15) is 6.10 Å². The largest absolute Gasteiger partial charge is 0.525 e. The smallest absolute Gasteiger partial charge is 0.490 e. The standard InChI is InChI=1S/C14H25O9P/c1-2-3-4-5-6-7-8-21-12-11(10(16)9-15)22-14(17)13(12)23-24(18,19)20/h10-11,15-16H,2-9H2,1H3,(H2,18,19,20)/t10-,11+/m0/s1. The van der Waals surface area contributed by atoms with Crippen LogP contribution in [-0.4, -0.2) is 51.4 Å². The van der Waals surface area contributed by atoms with Gasteiger partial charge in [-0.2, -0.15) is 0 Å². The third kappa shape index (κ3) is 6.78. The van der Waals surface area contributed by atoms with Crippen molar-refractivity contribution in [2.45, 2.75) is 57.7 Å². The van der Waals surface area contributed by atoms with Crippen LogP contribution in [-0.2, 0) is 23.4 Å². The highest BCUT2D eigenvalue weighted by atomic mass is 31.2. The molecule has 10 heteroatoms.